The predicted octanol–water partition coefficient (Wildman–Crippen LogP) is 3.06. The fourth-order valence-corrected chi connectivity index (χ4v) is 2.29. The van der Waals surface area contributed by atoms with Crippen molar-refractivity contribution < 1.29 is 40.7 Å². The molecular weight excluding hydrogens is 472 g/mol. The van der Waals surface area contributed by atoms with Crippen LogP contribution in [0.5, 0.6) is 0 Å². The zero-order valence-corrected chi connectivity index (χ0v) is 17.5. The van der Waals surface area contributed by atoms with Crippen LogP contribution in [-0.2, 0) is 16.1 Å². The molecule has 8 nitrogen and oxygen atoms in total. The van der Waals surface area contributed by atoms with Crippen LogP contribution in [0.25, 0.3) is 0 Å². The number of carbonyl (C=O) groups excluding carboxylic acids is 2. The van der Waals surface area contributed by atoms with E-state index in [1.807, 2.05) is 5.32 Å². The number of halogens is 7. The van der Waals surface area contributed by atoms with Gasteiger partial charge in [0.2, 0.25) is 0 Å². The molecule has 1 atom stereocenters. The minimum Gasteiger partial charge on any atom is -0.484 e. The molecule has 15 heteroatoms. The summed E-state index contributed by atoms with van der Waals surface area (Å²) in [5.74, 6) is -1.10. The SMILES string of the molecule is CC(C)(O/C=C(\N)C(=O)Nc1cc(CN2C[C@@H](C(F)(F)F)NC2=O)ccn1)C(F)(F)F.Cl. The van der Waals surface area contributed by atoms with Gasteiger partial charge in [-0.25, -0.2) is 9.78 Å². The van der Waals surface area contributed by atoms with Crippen LogP contribution in [0, 0.1) is 0 Å². The smallest absolute Gasteiger partial charge is 0.427 e. The summed E-state index contributed by atoms with van der Waals surface area (Å²) in [4.78, 5) is 28.5. The first-order valence-electron chi connectivity index (χ1n) is 8.69. The van der Waals surface area contributed by atoms with Crippen LogP contribution >= 0.6 is 12.4 Å². The molecule has 2 rings (SSSR count). The van der Waals surface area contributed by atoms with Gasteiger partial charge >= 0.3 is 18.4 Å². The van der Waals surface area contributed by atoms with Crippen molar-refractivity contribution in [2.45, 2.75) is 44.4 Å². The zero-order valence-electron chi connectivity index (χ0n) is 16.7. The second kappa shape index (κ2) is 9.71. The van der Waals surface area contributed by atoms with E-state index in [4.69, 9.17) is 5.73 Å². The Kier molecular flexibility index (Phi) is 8.23. The molecule has 0 spiro atoms. The normalized spacial score (nSPS) is 17.5. The average molecular weight is 492 g/mol. The van der Waals surface area contributed by atoms with Gasteiger partial charge in [-0.1, -0.05) is 0 Å². The molecule has 2 heterocycles. The van der Waals surface area contributed by atoms with Crippen LogP contribution < -0.4 is 16.4 Å². The number of pyridine rings is 1. The summed E-state index contributed by atoms with van der Waals surface area (Å²) in [7, 11) is 0. The lowest BCUT2D eigenvalue weighted by atomic mass is 10.1. The highest BCUT2D eigenvalue weighted by molar-refractivity contribution is 6.02. The number of hydrogen-bond donors (Lipinski definition) is 3. The van der Waals surface area contributed by atoms with Crippen LogP contribution in [0.3, 0.4) is 0 Å². The summed E-state index contributed by atoms with van der Waals surface area (Å²) in [5.41, 5.74) is 2.52. The van der Waals surface area contributed by atoms with E-state index < -0.39 is 48.2 Å². The molecule has 0 saturated carbocycles. The van der Waals surface area contributed by atoms with Gasteiger partial charge in [0.15, 0.2) is 5.60 Å². The predicted molar refractivity (Wildman–Crippen MR) is 102 cm³/mol. The summed E-state index contributed by atoms with van der Waals surface area (Å²) in [6.45, 7) is 0.710. The molecule has 0 radical (unpaired) electrons. The molecule has 0 bridgehead atoms. The first kappa shape index (κ1) is 27.1. The number of rotatable bonds is 6. The monoisotopic (exact) mass is 491 g/mol. The molecule has 3 amide bonds. The summed E-state index contributed by atoms with van der Waals surface area (Å²) in [5, 5.41) is 4.04. The summed E-state index contributed by atoms with van der Waals surface area (Å²) in [6.07, 6.45) is -7.61. The second-order valence-electron chi connectivity index (χ2n) is 7.13. The number of hydrogen-bond acceptors (Lipinski definition) is 5. The first-order valence-corrected chi connectivity index (χ1v) is 8.69. The number of urea groups is 1. The third-order valence-electron chi connectivity index (χ3n) is 4.25. The van der Waals surface area contributed by atoms with Gasteiger partial charge in [0, 0.05) is 12.7 Å². The number of ether oxygens (including phenoxy) is 1. The highest BCUT2D eigenvalue weighted by Gasteiger charge is 2.49. The number of nitrogens with zero attached hydrogens (tertiary/aromatic N) is 2. The van der Waals surface area contributed by atoms with Crippen molar-refractivity contribution in [3.8, 4) is 0 Å². The van der Waals surface area contributed by atoms with Crippen molar-refractivity contribution in [1.82, 2.24) is 15.2 Å². The maximum absolute atomic E-state index is 12.8. The Morgan fingerprint density at radius 3 is 2.50 bits per heavy atom. The number of nitrogens with one attached hydrogen (secondary N) is 2. The fourth-order valence-electron chi connectivity index (χ4n) is 2.29. The van der Waals surface area contributed by atoms with Crippen molar-refractivity contribution in [3.63, 3.8) is 0 Å². The van der Waals surface area contributed by atoms with Gasteiger partial charge in [0.05, 0.1) is 6.54 Å². The molecule has 1 aromatic rings. The van der Waals surface area contributed by atoms with Crippen molar-refractivity contribution >= 4 is 30.2 Å². The van der Waals surface area contributed by atoms with Crippen molar-refractivity contribution in [2.24, 2.45) is 5.73 Å². The molecule has 4 N–H and O–H groups in total. The van der Waals surface area contributed by atoms with Crippen molar-refractivity contribution in [3.05, 3.63) is 35.9 Å². The van der Waals surface area contributed by atoms with Crippen molar-refractivity contribution in [1.29, 1.82) is 0 Å². The maximum Gasteiger partial charge on any atom is 0.427 e. The number of alkyl halides is 6. The van der Waals surface area contributed by atoms with Crippen LogP contribution in [0.15, 0.2) is 30.3 Å². The highest BCUT2D eigenvalue weighted by atomic mass is 35.5. The fraction of sp³-hybridized carbons (Fsp3) is 0.471. The Morgan fingerprint density at radius 2 is 1.97 bits per heavy atom. The molecule has 1 aliphatic rings. The lowest BCUT2D eigenvalue weighted by molar-refractivity contribution is -0.247. The van der Waals surface area contributed by atoms with Crippen LogP contribution in [0.4, 0.5) is 37.0 Å². The van der Waals surface area contributed by atoms with Crippen LogP contribution in [-0.4, -0.2) is 52.4 Å². The molecule has 1 saturated heterocycles. The first-order chi connectivity index (χ1) is 14.1. The Balaban J connectivity index is 0.00000512. The van der Waals surface area contributed by atoms with E-state index in [1.54, 1.807) is 0 Å². The second-order valence-corrected chi connectivity index (χ2v) is 7.13. The number of carbonyl (C=O) groups is 2. The van der Waals surface area contributed by atoms with E-state index in [1.165, 1.54) is 18.3 Å². The number of nitrogens with two attached hydrogens (primary N) is 1. The van der Waals surface area contributed by atoms with Gasteiger partial charge < -0.3 is 26.0 Å². The maximum atomic E-state index is 12.8. The van der Waals surface area contributed by atoms with E-state index >= 15 is 0 Å². The third kappa shape index (κ3) is 6.80. The van der Waals surface area contributed by atoms with Gasteiger partial charge in [-0.05, 0) is 31.5 Å². The zero-order chi connectivity index (χ0) is 23.6. The van der Waals surface area contributed by atoms with Crippen LogP contribution in [0.2, 0.25) is 0 Å². The summed E-state index contributed by atoms with van der Waals surface area (Å²) >= 11 is 0. The molecule has 1 aliphatic heterocycles. The summed E-state index contributed by atoms with van der Waals surface area (Å²) in [6, 6.07) is -0.203. The Labute approximate surface area is 184 Å². The minimum atomic E-state index is -4.71. The standard InChI is InChI=1S/C17H19F6N5O3.ClH/c1-15(2,17(21,22)23)31-8-10(24)13(29)27-12-5-9(3-4-25-12)6-28-7-11(16(18,19)20)26-14(28)30;/h3-5,8,11H,6-7,24H2,1-2H3,(H,26,30)(H,25,27,29);1H/b10-8-;/t11-;/m0./s1. The molecule has 0 aliphatic carbocycles. The van der Waals surface area contributed by atoms with E-state index in [0.29, 0.717) is 11.8 Å². The number of anilines is 1. The Hall–Kier alpha value is -2.90. The molecule has 0 aromatic carbocycles. The van der Waals surface area contributed by atoms with Gasteiger partial charge in [-0.3, -0.25) is 4.79 Å². The van der Waals surface area contributed by atoms with E-state index in [0.717, 1.165) is 18.7 Å². The van der Waals surface area contributed by atoms with Gasteiger partial charge in [0.25, 0.3) is 5.91 Å². The molecule has 1 aromatic heterocycles. The molecule has 1 fully saturated rings. The minimum absolute atomic E-state index is 0. The van der Waals surface area contributed by atoms with E-state index in [2.05, 4.69) is 15.0 Å². The molecular formula is C17H20ClF6N5O3. The Bertz CT molecular complexity index is 875. The molecule has 180 valence electrons. The average Bonchev–Trinajstić information content (AvgIpc) is 3.00. The van der Waals surface area contributed by atoms with Gasteiger partial charge in [-0.2, -0.15) is 26.3 Å². The van der Waals surface area contributed by atoms with Gasteiger partial charge in [-0.15, -0.1) is 12.4 Å². The molecule has 32 heavy (non-hydrogen) atoms. The molecule has 0 unspecified atom stereocenters. The highest BCUT2D eigenvalue weighted by Crippen LogP contribution is 2.33. The number of aromatic nitrogens is 1. The van der Waals surface area contributed by atoms with Crippen molar-refractivity contribution in [2.75, 3.05) is 11.9 Å². The lowest BCUT2D eigenvalue weighted by Crippen LogP contribution is -2.40. The third-order valence-corrected chi connectivity index (χ3v) is 4.25. The number of amides is 3. The summed E-state index contributed by atoms with van der Waals surface area (Å²) < 4.78 is 81.0. The van der Waals surface area contributed by atoms with E-state index in [9.17, 15) is 35.9 Å². The van der Waals surface area contributed by atoms with Gasteiger partial charge in [0.1, 0.15) is 23.8 Å². The van der Waals surface area contributed by atoms with E-state index in [-0.39, 0.29) is 24.8 Å². The quantitative estimate of drug-likeness (QED) is 0.322. The largest absolute Gasteiger partial charge is 0.484 e. The Morgan fingerprint density at radius 1 is 1.34 bits per heavy atom. The lowest BCUT2D eigenvalue weighted by Gasteiger charge is -2.27. The van der Waals surface area contributed by atoms with Crippen LogP contribution in [0.1, 0.15) is 19.4 Å². The topological polar surface area (TPSA) is 110 Å².